The number of carbonyl (C=O) groups is 1. The Hall–Kier alpha value is -4.15. The summed E-state index contributed by atoms with van der Waals surface area (Å²) in [6.45, 7) is 6.77. The molecule has 4 heterocycles. The Balaban J connectivity index is 1.35. The lowest BCUT2D eigenvalue weighted by Gasteiger charge is -2.13. The van der Waals surface area contributed by atoms with Crippen LogP contribution in [0.25, 0.3) is 5.00 Å². The summed E-state index contributed by atoms with van der Waals surface area (Å²) in [5, 5.41) is 13.4. The van der Waals surface area contributed by atoms with Gasteiger partial charge in [0.25, 0.3) is 0 Å². The van der Waals surface area contributed by atoms with Gasteiger partial charge in [0.15, 0.2) is 17.3 Å². The van der Waals surface area contributed by atoms with E-state index in [9.17, 15) is 4.79 Å². The molecule has 202 valence electrons. The number of aliphatic imine (C=N–C) groups is 1. The van der Waals surface area contributed by atoms with Crippen molar-refractivity contribution in [3.8, 4) is 28.7 Å². The zero-order chi connectivity index (χ0) is 28.2. The van der Waals surface area contributed by atoms with Crippen molar-refractivity contribution in [2.24, 2.45) is 10.7 Å². The molecule has 5 rings (SSSR count). The van der Waals surface area contributed by atoms with Gasteiger partial charge in [-0.2, -0.15) is 0 Å². The number of nitrogens with two attached hydrogens (primary N) is 1. The molecule has 0 spiro atoms. The van der Waals surface area contributed by atoms with E-state index in [0.29, 0.717) is 35.3 Å². The Morgan fingerprint density at radius 3 is 2.55 bits per heavy atom. The minimum atomic E-state index is -0.520. The fourth-order valence-electron chi connectivity index (χ4n) is 4.40. The molecule has 1 atom stereocenters. The first-order valence-electron chi connectivity index (χ1n) is 12.8. The van der Waals surface area contributed by atoms with Gasteiger partial charge < -0.3 is 15.5 Å². The molecule has 0 saturated heterocycles. The minimum absolute atomic E-state index is 0.122. The highest BCUT2D eigenvalue weighted by atomic mass is 35.5. The second-order valence-electron chi connectivity index (χ2n) is 9.18. The van der Waals surface area contributed by atoms with E-state index in [1.807, 2.05) is 35.8 Å². The monoisotopic (exact) mass is 570 g/mol. The molecular weight excluding hydrogens is 544 g/mol. The summed E-state index contributed by atoms with van der Waals surface area (Å²) in [5.41, 5.74) is 9.30. The minimum Gasteiger partial charge on any atom is -0.439 e. The second kappa shape index (κ2) is 11.9. The molecule has 0 saturated carbocycles. The molecule has 0 radical (unpaired) electrons. The van der Waals surface area contributed by atoms with Gasteiger partial charge in [-0.3, -0.25) is 14.4 Å². The highest BCUT2D eigenvalue weighted by Gasteiger charge is 2.32. The number of amides is 1. The predicted octanol–water partition coefficient (Wildman–Crippen LogP) is 4.65. The third-order valence-electron chi connectivity index (χ3n) is 6.44. The molecule has 1 amide bonds. The highest BCUT2D eigenvalue weighted by Crippen LogP contribution is 2.39. The fourth-order valence-corrected chi connectivity index (χ4v) is 5.74. The number of furan rings is 1. The zero-order valence-corrected chi connectivity index (χ0v) is 23.9. The van der Waals surface area contributed by atoms with E-state index in [4.69, 9.17) is 26.7 Å². The third-order valence-corrected chi connectivity index (χ3v) is 7.88. The van der Waals surface area contributed by atoms with Gasteiger partial charge in [-0.05, 0) is 62.4 Å². The average Bonchev–Trinajstić information content (AvgIpc) is 3.61. The predicted molar refractivity (Wildman–Crippen MR) is 157 cm³/mol. The van der Waals surface area contributed by atoms with Crippen LogP contribution < -0.4 is 11.1 Å². The van der Waals surface area contributed by atoms with Crippen molar-refractivity contribution in [3.63, 3.8) is 0 Å². The van der Waals surface area contributed by atoms with Gasteiger partial charge in [0.05, 0.1) is 18.7 Å². The molecule has 40 heavy (non-hydrogen) atoms. The number of nitrogens with zero attached hydrogens (tertiary/aromatic N) is 4. The molecule has 0 fully saturated rings. The molecule has 0 unspecified atom stereocenters. The summed E-state index contributed by atoms with van der Waals surface area (Å²) in [6, 6.07) is 10.6. The number of rotatable bonds is 5. The summed E-state index contributed by atoms with van der Waals surface area (Å²) in [4.78, 5) is 19.4. The maximum absolute atomic E-state index is 13.1. The summed E-state index contributed by atoms with van der Waals surface area (Å²) < 4.78 is 7.56. The molecule has 4 aromatic rings. The summed E-state index contributed by atoms with van der Waals surface area (Å²) in [6.07, 6.45) is 0.586. The van der Waals surface area contributed by atoms with E-state index < -0.39 is 6.04 Å². The SMILES string of the molecule is Cc1sc2c(c1C)C(c1ccc(Cl)cc1)=N[C@@H](CC(=O)NCCC#Cc1ccc(C#CCN)o1)c1nnc(C)n1-2. The number of benzene rings is 1. The largest absolute Gasteiger partial charge is 0.439 e. The molecule has 8 nitrogen and oxygen atoms in total. The van der Waals surface area contributed by atoms with Crippen LogP contribution in [0.4, 0.5) is 0 Å². The van der Waals surface area contributed by atoms with Gasteiger partial charge in [0, 0.05) is 34.0 Å². The zero-order valence-electron chi connectivity index (χ0n) is 22.3. The van der Waals surface area contributed by atoms with Gasteiger partial charge >= 0.3 is 0 Å². The smallest absolute Gasteiger partial charge is 0.222 e. The Morgan fingerprint density at radius 1 is 1.10 bits per heavy atom. The van der Waals surface area contributed by atoms with Crippen LogP contribution in [0.3, 0.4) is 0 Å². The van der Waals surface area contributed by atoms with E-state index in [-0.39, 0.29) is 18.9 Å². The van der Waals surface area contributed by atoms with E-state index >= 15 is 0 Å². The van der Waals surface area contributed by atoms with Crippen LogP contribution in [0.5, 0.6) is 0 Å². The molecule has 3 N–H and O–H groups in total. The fraction of sp³-hybridized carbons (Fsp3) is 0.267. The molecule has 1 aliphatic rings. The number of nitrogens with one attached hydrogen (secondary N) is 1. The number of hydrogen-bond donors (Lipinski definition) is 2. The molecule has 0 aliphatic carbocycles. The maximum Gasteiger partial charge on any atom is 0.222 e. The van der Waals surface area contributed by atoms with Crippen LogP contribution in [-0.2, 0) is 4.79 Å². The van der Waals surface area contributed by atoms with Crippen molar-refractivity contribution < 1.29 is 9.21 Å². The number of aryl methyl sites for hydroxylation is 2. The maximum atomic E-state index is 13.1. The van der Waals surface area contributed by atoms with Crippen molar-refractivity contribution in [1.29, 1.82) is 0 Å². The van der Waals surface area contributed by atoms with Crippen LogP contribution >= 0.6 is 22.9 Å². The molecular formula is C30H27ClN6O2S. The highest BCUT2D eigenvalue weighted by molar-refractivity contribution is 7.15. The lowest BCUT2D eigenvalue weighted by Crippen LogP contribution is -2.26. The van der Waals surface area contributed by atoms with Gasteiger partial charge in [-0.15, -0.1) is 21.5 Å². The first-order chi connectivity index (χ1) is 19.4. The summed E-state index contributed by atoms with van der Waals surface area (Å²) in [7, 11) is 0. The average molecular weight is 571 g/mol. The lowest BCUT2D eigenvalue weighted by molar-refractivity contribution is -0.121. The van der Waals surface area contributed by atoms with E-state index in [1.165, 1.54) is 4.88 Å². The Bertz CT molecular complexity index is 1720. The lowest BCUT2D eigenvalue weighted by atomic mass is 9.99. The molecule has 3 aromatic heterocycles. The van der Waals surface area contributed by atoms with Gasteiger partial charge in [0.2, 0.25) is 5.91 Å². The van der Waals surface area contributed by atoms with Crippen molar-refractivity contribution in [2.45, 2.75) is 39.7 Å². The topological polar surface area (TPSA) is 111 Å². The van der Waals surface area contributed by atoms with Crippen molar-refractivity contribution in [1.82, 2.24) is 20.1 Å². The van der Waals surface area contributed by atoms with Gasteiger partial charge in [-0.25, -0.2) is 0 Å². The van der Waals surface area contributed by atoms with Crippen molar-refractivity contribution in [2.75, 3.05) is 13.1 Å². The van der Waals surface area contributed by atoms with Crippen molar-refractivity contribution in [3.05, 3.63) is 86.2 Å². The van der Waals surface area contributed by atoms with E-state index in [0.717, 1.165) is 33.2 Å². The number of aromatic nitrogens is 3. The van der Waals surface area contributed by atoms with Gasteiger partial charge in [-0.1, -0.05) is 35.6 Å². The second-order valence-corrected chi connectivity index (χ2v) is 10.8. The quantitative estimate of drug-likeness (QED) is 0.268. The first kappa shape index (κ1) is 27.4. The Morgan fingerprint density at radius 2 is 1.82 bits per heavy atom. The van der Waals surface area contributed by atoms with Gasteiger partial charge in [0.1, 0.15) is 16.9 Å². The van der Waals surface area contributed by atoms with Crippen LogP contribution in [0.1, 0.15) is 63.6 Å². The third kappa shape index (κ3) is 5.73. The molecule has 10 heteroatoms. The van der Waals surface area contributed by atoms with E-state index in [2.05, 4.69) is 53.0 Å². The van der Waals surface area contributed by atoms with Crippen LogP contribution in [0.15, 0.2) is 45.8 Å². The normalized spacial score (nSPS) is 13.6. The van der Waals surface area contributed by atoms with Crippen LogP contribution in [0, 0.1) is 44.5 Å². The molecule has 1 aliphatic heterocycles. The summed E-state index contributed by atoms with van der Waals surface area (Å²) in [5.74, 6) is 13.8. The van der Waals surface area contributed by atoms with Crippen LogP contribution in [0.2, 0.25) is 5.02 Å². The molecule has 1 aromatic carbocycles. The number of halogens is 1. The Labute approximate surface area is 241 Å². The number of hydrogen-bond acceptors (Lipinski definition) is 7. The number of carbonyl (C=O) groups excluding carboxylic acids is 1. The number of thiophene rings is 1. The number of fused-ring (bicyclic) bond motifs is 3. The van der Waals surface area contributed by atoms with E-state index in [1.54, 1.807) is 23.5 Å². The summed E-state index contributed by atoms with van der Waals surface area (Å²) >= 11 is 7.86. The van der Waals surface area contributed by atoms with Crippen LogP contribution in [-0.4, -0.2) is 39.5 Å². The standard InChI is InChI=1S/C30H27ClN6O2S/c1-18-19(2)40-30-27(18)28(21-9-11-22(31)12-10-21)34-25(29-36-35-20(3)37(29)30)17-26(38)33-16-5-4-7-23-13-14-24(39-23)8-6-15-32/h9-14,25H,5,15-17,32H2,1-3H3,(H,33,38)/t25-/m0/s1. The Kier molecular flexibility index (Phi) is 8.18. The molecule has 0 bridgehead atoms. The first-order valence-corrected chi connectivity index (χ1v) is 14.0. The van der Waals surface area contributed by atoms with Crippen molar-refractivity contribution >= 4 is 34.6 Å².